The quantitative estimate of drug-likeness (QED) is 0.835. The van der Waals surface area contributed by atoms with Crippen molar-refractivity contribution in [1.29, 1.82) is 0 Å². The third kappa shape index (κ3) is 4.16. The first-order valence-electron chi connectivity index (χ1n) is 8.09. The Morgan fingerprint density at radius 3 is 2.65 bits per heavy atom. The fraction of sp³-hybridized carbons (Fsp3) is 0.471. The number of carbonyl (C=O) groups is 1. The van der Waals surface area contributed by atoms with E-state index in [0.29, 0.717) is 13.0 Å². The lowest BCUT2D eigenvalue weighted by atomic mass is 10.1. The van der Waals surface area contributed by atoms with Gasteiger partial charge in [-0.2, -0.15) is 5.10 Å². The summed E-state index contributed by atoms with van der Waals surface area (Å²) in [5.41, 5.74) is 2.71. The van der Waals surface area contributed by atoms with E-state index in [9.17, 15) is 4.79 Å². The highest BCUT2D eigenvalue weighted by Crippen LogP contribution is 2.13. The third-order valence-electron chi connectivity index (χ3n) is 4.40. The van der Waals surface area contributed by atoms with E-state index in [-0.39, 0.29) is 5.91 Å². The molecule has 6 heteroatoms. The van der Waals surface area contributed by atoms with Crippen molar-refractivity contribution in [2.24, 2.45) is 0 Å². The first kappa shape index (κ1) is 15.7. The Kier molecular flexibility index (Phi) is 5.02. The minimum atomic E-state index is 0.205. The molecule has 1 aliphatic heterocycles. The fourth-order valence-electron chi connectivity index (χ4n) is 2.90. The molecule has 2 aromatic rings. The van der Waals surface area contributed by atoms with Crippen LogP contribution in [0.15, 0.2) is 36.9 Å². The van der Waals surface area contributed by atoms with Crippen LogP contribution in [-0.4, -0.2) is 56.7 Å². The summed E-state index contributed by atoms with van der Waals surface area (Å²) < 4.78 is 1.70. The minimum Gasteiger partial charge on any atom is -0.340 e. The predicted octanol–water partition coefficient (Wildman–Crippen LogP) is 1.32. The number of aromatic nitrogens is 3. The molecule has 1 amide bonds. The lowest BCUT2D eigenvalue weighted by Gasteiger charge is -2.35. The van der Waals surface area contributed by atoms with Gasteiger partial charge in [-0.25, -0.2) is 4.98 Å². The average Bonchev–Trinajstić information content (AvgIpc) is 3.09. The van der Waals surface area contributed by atoms with Crippen LogP contribution in [0.2, 0.25) is 0 Å². The first-order chi connectivity index (χ1) is 11.2. The van der Waals surface area contributed by atoms with Gasteiger partial charge in [0.1, 0.15) is 12.7 Å². The maximum atomic E-state index is 12.3. The van der Waals surface area contributed by atoms with Gasteiger partial charge in [-0.3, -0.25) is 14.4 Å². The number of piperazine rings is 1. The number of hydrogen-bond acceptors (Lipinski definition) is 4. The lowest BCUT2D eigenvalue weighted by Crippen LogP contribution is -2.48. The van der Waals surface area contributed by atoms with Crippen LogP contribution in [0.5, 0.6) is 0 Å². The number of rotatable bonds is 5. The van der Waals surface area contributed by atoms with E-state index in [4.69, 9.17) is 0 Å². The van der Waals surface area contributed by atoms with Gasteiger partial charge in [-0.15, -0.1) is 0 Å². The Morgan fingerprint density at radius 2 is 1.96 bits per heavy atom. The van der Waals surface area contributed by atoms with Crippen LogP contribution < -0.4 is 0 Å². The molecule has 0 saturated carbocycles. The van der Waals surface area contributed by atoms with Gasteiger partial charge in [0.2, 0.25) is 5.91 Å². The van der Waals surface area contributed by atoms with Crippen molar-refractivity contribution in [3.63, 3.8) is 0 Å². The number of nitrogens with zero attached hydrogens (tertiary/aromatic N) is 5. The zero-order valence-corrected chi connectivity index (χ0v) is 13.6. The summed E-state index contributed by atoms with van der Waals surface area (Å²) in [6, 6.07) is 8.50. The summed E-state index contributed by atoms with van der Waals surface area (Å²) in [7, 11) is 0. The normalized spacial score (nSPS) is 15.8. The Bertz CT molecular complexity index is 632. The predicted molar refractivity (Wildman–Crippen MR) is 87.7 cm³/mol. The van der Waals surface area contributed by atoms with E-state index in [1.165, 1.54) is 17.5 Å². The average molecular weight is 313 g/mol. The Labute approximate surface area is 136 Å². The van der Waals surface area contributed by atoms with Crippen molar-refractivity contribution in [1.82, 2.24) is 24.6 Å². The van der Waals surface area contributed by atoms with Crippen molar-refractivity contribution in [2.75, 3.05) is 26.2 Å². The molecule has 3 rings (SSSR count). The Hall–Kier alpha value is -2.21. The van der Waals surface area contributed by atoms with Crippen LogP contribution in [-0.2, 0) is 17.9 Å². The van der Waals surface area contributed by atoms with Crippen molar-refractivity contribution in [3.8, 4) is 0 Å². The zero-order chi connectivity index (χ0) is 16.1. The van der Waals surface area contributed by atoms with E-state index < -0.39 is 0 Å². The molecule has 23 heavy (non-hydrogen) atoms. The molecule has 0 unspecified atom stereocenters. The molecule has 1 fully saturated rings. The van der Waals surface area contributed by atoms with Gasteiger partial charge in [0.15, 0.2) is 0 Å². The summed E-state index contributed by atoms with van der Waals surface area (Å²) in [4.78, 5) is 20.5. The smallest absolute Gasteiger partial charge is 0.224 e. The van der Waals surface area contributed by atoms with Crippen LogP contribution >= 0.6 is 0 Å². The van der Waals surface area contributed by atoms with Gasteiger partial charge in [0, 0.05) is 39.1 Å². The molecule has 0 radical (unpaired) electrons. The summed E-state index contributed by atoms with van der Waals surface area (Å²) in [6.45, 7) is 7.20. The first-order valence-corrected chi connectivity index (χ1v) is 8.09. The van der Waals surface area contributed by atoms with Gasteiger partial charge >= 0.3 is 0 Å². The molecule has 1 saturated heterocycles. The zero-order valence-electron chi connectivity index (χ0n) is 13.6. The summed E-state index contributed by atoms with van der Waals surface area (Å²) in [5.74, 6) is 0.205. The van der Waals surface area contributed by atoms with Crippen molar-refractivity contribution in [2.45, 2.75) is 26.4 Å². The Balaban J connectivity index is 1.44. The molecule has 0 atom stereocenters. The molecule has 0 aliphatic carbocycles. The fourth-order valence-corrected chi connectivity index (χ4v) is 2.90. The highest BCUT2D eigenvalue weighted by molar-refractivity contribution is 5.76. The van der Waals surface area contributed by atoms with E-state index >= 15 is 0 Å². The van der Waals surface area contributed by atoms with Gasteiger partial charge < -0.3 is 4.90 Å². The topological polar surface area (TPSA) is 54.3 Å². The monoisotopic (exact) mass is 313 g/mol. The second-order valence-electron chi connectivity index (χ2n) is 5.99. The second kappa shape index (κ2) is 7.37. The summed E-state index contributed by atoms with van der Waals surface area (Å²) in [6.07, 6.45) is 3.63. The van der Waals surface area contributed by atoms with Gasteiger partial charge in [-0.05, 0) is 18.1 Å². The number of hydrogen-bond donors (Lipinski definition) is 0. The molecular formula is C17H23N5O. The van der Waals surface area contributed by atoms with Crippen LogP contribution in [0.25, 0.3) is 0 Å². The van der Waals surface area contributed by atoms with Crippen LogP contribution in [0.3, 0.4) is 0 Å². The number of amides is 1. The van der Waals surface area contributed by atoms with Crippen LogP contribution in [0.1, 0.15) is 17.5 Å². The van der Waals surface area contributed by atoms with E-state index in [2.05, 4.69) is 46.2 Å². The van der Waals surface area contributed by atoms with Crippen molar-refractivity contribution < 1.29 is 4.79 Å². The second-order valence-corrected chi connectivity index (χ2v) is 5.99. The highest BCUT2D eigenvalue weighted by atomic mass is 16.2. The molecule has 1 aromatic heterocycles. The SMILES string of the molecule is Cc1ccccc1CN1CCN(C(=O)CCn2cncn2)CC1. The van der Waals surface area contributed by atoms with Gasteiger partial charge in [-0.1, -0.05) is 24.3 Å². The van der Waals surface area contributed by atoms with Crippen LogP contribution in [0.4, 0.5) is 0 Å². The van der Waals surface area contributed by atoms with Crippen molar-refractivity contribution >= 4 is 5.91 Å². The summed E-state index contributed by atoms with van der Waals surface area (Å²) in [5, 5.41) is 4.03. The number of aryl methyl sites for hydroxylation is 2. The summed E-state index contributed by atoms with van der Waals surface area (Å²) >= 11 is 0. The highest BCUT2D eigenvalue weighted by Gasteiger charge is 2.21. The molecule has 1 aromatic carbocycles. The lowest BCUT2D eigenvalue weighted by molar-refractivity contribution is -0.133. The number of benzene rings is 1. The van der Waals surface area contributed by atoms with E-state index in [0.717, 1.165) is 32.7 Å². The third-order valence-corrected chi connectivity index (χ3v) is 4.40. The van der Waals surface area contributed by atoms with E-state index in [1.54, 1.807) is 11.0 Å². The molecule has 1 aliphatic rings. The molecule has 2 heterocycles. The molecular weight excluding hydrogens is 290 g/mol. The van der Waals surface area contributed by atoms with Crippen LogP contribution in [0, 0.1) is 6.92 Å². The molecule has 0 spiro atoms. The van der Waals surface area contributed by atoms with Crippen molar-refractivity contribution in [3.05, 3.63) is 48.0 Å². The molecule has 122 valence electrons. The van der Waals surface area contributed by atoms with Gasteiger partial charge in [0.25, 0.3) is 0 Å². The Morgan fingerprint density at radius 1 is 1.17 bits per heavy atom. The molecule has 0 N–H and O–H groups in total. The largest absolute Gasteiger partial charge is 0.340 e. The van der Waals surface area contributed by atoms with Gasteiger partial charge in [0.05, 0.1) is 6.54 Å². The van der Waals surface area contributed by atoms with E-state index in [1.807, 2.05) is 4.90 Å². The maximum absolute atomic E-state index is 12.3. The molecule has 0 bridgehead atoms. The molecule has 6 nitrogen and oxygen atoms in total. The number of carbonyl (C=O) groups excluding carboxylic acids is 1. The maximum Gasteiger partial charge on any atom is 0.224 e. The standard InChI is InChI=1S/C17H23N5O/c1-15-4-2-3-5-16(15)12-20-8-10-21(11-9-20)17(23)6-7-22-14-18-13-19-22/h2-5,13-14H,6-12H2,1H3. The minimum absolute atomic E-state index is 0.205.